The predicted octanol–water partition coefficient (Wildman–Crippen LogP) is 2.98. The maximum Gasteiger partial charge on any atom is 0.336 e. The van der Waals surface area contributed by atoms with Crippen molar-refractivity contribution >= 4 is 17.0 Å². The summed E-state index contributed by atoms with van der Waals surface area (Å²) in [6.07, 6.45) is 4.01. The Hall–Kier alpha value is -2.03. The van der Waals surface area contributed by atoms with E-state index in [-0.39, 0.29) is 11.2 Å². The molecular weight excluding hydrogens is 216 g/mol. The van der Waals surface area contributed by atoms with Crippen molar-refractivity contribution in [3.63, 3.8) is 0 Å². The lowest BCUT2D eigenvalue weighted by Crippen LogP contribution is -2.27. The molecule has 0 atom stereocenters. The van der Waals surface area contributed by atoms with Gasteiger partial charge in [0.1, 0.15) is 16.9 Å². The van der Waals surface area contributed by atoms with Crippen LogP contribution in [0.3, 0.4) is 0 Å². The number of rotatable bonds is 0. The van der Waals surface area contributed by atoms with E-state index >= 15 is 0 Å². The lowest BCUT2D eigenvalue weighted by molar-refractivity contribution is 0.159. The number of hydrogen-bond donors (Lipinski definition) is 0. The Morgan fingerprint density at radius 1 is 1.12 bits per heavy atom. The van der Waals surface area contributed by atoms with Crippen LogP contribution >= 0.6 is 0 Å². The van der Waals surface area contributed by atoms with Crippen molar-refractivity contribution in [2.24, 2.45) is 0 Å². The zero-order valence-corrected chi connectivity index (χ0v) is 9.69. The van der Waals surface area contributed by atoms with Crippen molar-refractivity contribution < 1.29 is 9.15 Å². The van der Waals surface area contributed by atoms with Gasteiger partial charge < -0.3 is 9.15 Å². The van der Waals surface area contributed by atoms with Crippen LogP contribution in [-0.2, 0) is 0 Å². The Labute approximate surface area is 98.3 Å². The average Bonchev–Trinajstić information content (AvgIpc) is 2.27. The van der Waals surface area contributed by atoms with Gasteiger partial charge in [-0.05, 0) is 38.1 Å². The third kappa shape index (κ3) is 1.64. The van der Waals surface area contributed by atoms with Crippen LogP contribution in [0.15, 0.2) is 39.6 Å². The van der Waals surface area contributed by atoms with E-state index in [1.807, 2.05) is 32.1 Å². The predicted molar refractivity (Wildman–Crippen MR) is 66.2 cm³/mol. The molecule has 3 heteroatoms. The summed E-state index contributed by atoms with van der Waals surface area (Å²) in [7, 11) is 0. The normalized spacial score (nSPS) is 16.6. The maximum absolute atomic E-state index is 11.1. The summed E-state index contributed by atoms with van der Waals surface area (Å²) in [4.78, 5) is 11.1. The first-order valence-electron chi connectivity index (χ1n) is 5.50. The molecule has 0 bridgehead atoms. The Kier molecular flexibility index (Phi) is 1.93. The van der Waals surface area contributed by atoms with Gasteiger partial charge in [-0.25, -0.2) is 4.79 Å². The van der Waals surface area contributed by atoms with Crippen molar-refractivity contribution in [1.29, 1.82) is 0 Å². The van der Waals surface area contributed by atoms with Gasteiger partial charge in [-0.1, -0.05) is 6.08 Å². The third-order valence-corrected chi connectivity index (χ3v) is 2.83. The second kappa shape index (κ2) is 3.23. The second-order valence-corrected chi connectivity index (χ2v) is 4.68. The van der Waals surface area contributed by atoms with Gasteiger partial charge >= 0.3 is 5.63 Å². The standard InChI is InChI=1S/C14H12O3/c1-14(2)8-7-10-9-3-6-13(15)16-11(9)4-5-12(10)17-14/h3-8H,1-2H3. The molecule has 0 saturated carbocycles. The number of benzene rings is 1. The van der Waals surface area contributed by atoms with Crippen LogP contribution in [0, 0.1) is 0 Å². The van der Waals surface area contributed by atoms with Gasteiger partial charge in [-0.2, -0.15) is 0 Å². The molecule has 3 rings (SSSR count). The minimum atomic E-state index is -0.335. The molecule has 3 nitrogen and oxygen atoms in total. The van der Waals surface area contributed by atoms with Crippen LogP contribution in [0.25, 0.3) is 17.0 Å². The van der Waals surface area contributed by atoms with Gasteiger partial charge in [0.15, 0.2) is 0 Å². The van der Waals surface area contributed by atoms with Crippen molar-refractivity contribution in [1.82, 2.24) is 0 Å². The van der Waals surface area contributed by atoms with Crippen LogP contribution in [0.5, 0.6) is 5.75 Å². The highest BCUT2D eigenvalue weighted by atomic mass is 16.5. The van der Waals surface area contributed by atoms with Gasteiger partial charge in [0, 0.05) is 17.0 Å². The average molecular weight is 228 g/mol. The van der Waals surface area contributed by atoms with Crippen LogP contribution in [0.4, 0.5) is 0 Å². The fourth-order valence-corrected chi connectivity index (χ4v) is 2.01. The highest BCUT2D eigenvalue weighted by molar-refractivity contribution is 5.90. The van der Waals surface area contributed by atoms with Gasteiger partial charge in [-0.15, -0.1) is 0 Å². The van der Waals surface area contributed by atoms with Crippen LogP contribution in [0.2, 0.25) is 0 Å². The van der Waals surface area contributed by atoms with Crippen molar-refractivity contribution in [3.8, 4) is 5.75 Å². The molecule has 2 heterocycles. The summed E-state index contributed by atoms with van der Waals surface area (Å²) in [5.41, 5.74) is 0.921. The fourth-order valence-electron chi connectivity index (χ4n) is 2.01. The zero-order chi connectivity index (χ0) is 12.0. The van der Waals surface area contributed by atoms with E-state index < -0.39 is 0 Å². The van der Waals surface area contributed by atoms with Crippen LogP contribution in [0.1, 0.15) is 19.4 Å². The molecule has 0 fully saturated rings. The Morgan fingerprint density at radius 2 is 1.94 bits per heavy atom. The number of fused-ring (bicyclic) bond motifs is 3. The first-order chi connectivity index (χ1) is 8.05. The minimum absolute atomic E-state index is 0.295. The molecule has 0 spiro atoms. The largest absolute Gasteiger partial charge is 0.483 e. The highest BCUT2D eigenvalue weighted by Crippen LogP contribution is 2.35. The molecule has 0 unspecified atom stereocenters. The van der Waals surface area contributed by atoms with Gasteiger partial charge in [0.2, 0.25) is 0 Å². The summed E-state index contributed by atoms with van der Waals surface area (Å²) in [5, 5.41) is 0.897. The molecule has 17 heavy (non-hydrogen) atoms. The Balaban J connectivity index is 2.31. The monoisotopic (exact) mass is 228 g/mol. The van der Waals surface area contributed by atoms with Crippen LogP contribution < -0.4 is 10.4 Å². The summed E-state index contributed by atoms with van der Waals surface area (Å²) >= 11 is 0. The van der Waals surface area contributed by atoms with E-state index in [0.29, 0.717) is 5.58 Å². The minimum Gasteiger partial charge on any atom is -0.483 e. The van der Waals surface area contributed by atoms with Gasteiger partial charge in [0.25, 0.3) is 0 Å². The Bertz CT molecular complexity index is 677. The molecule has 1 aromatic carbocycles. The summed E-state index contributed by atoms with van der Waals surface area (Å²) in [6.45, 7) is 4.00. The zero-order valence-electron chi connectivity index (χ0n) is 9.69. The molecule has 0 N–H and O–H groups in total. The van der Waals surface area contributed by atoms with E-state index in [0.717, 1.165) is 16.7 Å². The second-order valence-electron chi connectivity index (χ2n) is 4.68. The van der Waals surface area contributed by atoms with E-state index in [9.17, 15) is 4.79 Å². The molecule has 0 aliphatic carbocycles. The van der Waals surface area contributed by atoms with Gasteiger partial charge in [0.05, 0.1) is 0 Å². The summed E-state index contributed by atoms with van der Waals surface area (Å²) in [6, 6.07) is 6.80. The van der Waals surface area contributed by atoms with Crippen molar-refractivity contribution in [3.05, 3.63) is 46.3 Å². The summed E-state index contributed by atoms with van der Waals surface area (Å²) < 4.78 is 11.0. The molecule has 2 aromatic rings. The molecule has 1 aliphatic heterocycles. The maximum atomic E-state index is 11.1. The SMILES string of the molecule is CC1(C)C=Cc2c(ccc3oc(=O)ccc23)O1. The first kappa shape index (κ1) is 10.1. The quantitative estimate of drug-likeness (QED) is 0.651. The molecule has 1 aromatic heterocycles. The van der Waals surface area contributed by atoms with Gasteiger partial charge in [-0.3, -0.25) is 0 Å². The molecule has 0 amide bonds. The third-order valence-electron chi connectivity index (χ3n) is 2.83. The molecular formula is C14H12O3. The van der Waals surface area contributed by atoms with Crippen LogP contribution in [-0.4, -0.2) is 5.60 Å². The Morgan fingerprint density at radius 3 is 2.76 bits per heavy atom. The van der Waals surface area contributed by atoms with Crippen molar-refractivity contribution in [2.45, 2.75) is 19.4 Å². The summed E-state index contributed by atoms with van der Waals surface area (Å²) in [5.74, 6) is 0.818. The lowest BCUT2D eigenvalue weighted by atomic mass is 10.00. The number of ether oxygens (including phenoxy) is 1. The van der Waals surface area contributed by atoms with E-state index in [2.05, 4.69) is 0 Å². The molecule has 1 aliphatic rings. The number of hydrogen-bond acceptors (Lipinski definition) is 3. The van der Waals surface area contributed by atoms with E-state index in [1.165, 1.54) is 6.07 Å². The highest BCUT2D eigenvalue weighted by Gasteiger charge is 2.22. The molecule has 0 saturated heterocycles. The van der Waals surface area contributed by atoms with Crippen molar-refractivity contribution in [2.75, 3.05) is 0 Å². The molecule has 0 radical (unpaired) electrons. The lowest BCUT2D eigenvalue weighted by Gasteiger charge is -2.28. The fraction of sp³-hybridized carbons (Fsp3) is 0.214. The van der Waals surface area contributed by atoms with E-state index in [1.54, 1.807) is 12.1 Å². The topological polar surface area (TPSA) is 39.4 Å². The smallest absolute Gasteiger partial charge is 0.336 e. The van der Waals surface area contributed by atoms with E-state index in [4.69, 9.17) is 9.15 Å². The molecule has 86 valence electrons. The first-order valence-corrected chi connectivity index (χ1v) is 5.50.